The zero-order chi connectivity index (χ0) is 17.6. The monoisotopic (exact) mass is 420 g/mol. The normalized spacial score (nSPS) is 16.6. The first-order chi connectivity index (χ1) is 11.9. The van der Waals surface area contributed by atoms with Crippen LogP contribution >= 0.6 is 15.9 Å². The fourth-order valence-electron chi connectivity index (χ4n) is 3.09. The van der Waals surface area contributed by atoms with Crippen LogP contribution in [0, 0.1) is 5.92 Å². The lowest BCUT2D eigenvalue weighted by Gasteiger charge is -2.17. The number of fused-ring (bicyclic) bond motifs is 1. The molecule has 0 radical (unpaired) electrons. The van der Waals surface area contributed by atoms with E-state index in [2.05, 4.69) is 20.7 Å². The molecule has 0 bridgehead atoms. The van der Waals surface area contributed by atoms with Crippen LogP contribution in [0.25, 0.3) is 0 Å². The minimum absolute atomic E-state index is 0.160. The number of benzene rings is 2. The summed E-state index contributed by atoms with van der Waals surface area (Å²) in [4.78, 5) is 14.3. The minimum Gasteiger partial charge on any atom is -0.312 e. The number of amides is 1. The SMILES string of the molecule is O=C(C1CC1)N1CCc2cc(S(=O)(=O)Nc3cccc(Br)c3)ccc21. The zero-order valence-corrected chi connectivity index (χ0v) is 15.8. The highest BCUT2D eigenvalue weighted by atomic mass is 79.9. The van der Waals surface area contributed by atoms with Crippen molar-refractivity contribution in [2.45, 2.75) is 24.2 Å². The van der Waals surface area contributed by atoms with Crippen LogP contribution in [-0.2, 0) is 21.2 Å². The number of nitrogens with one attached hydrogen (secondary N) is 1. The van der Waals surface area contributed by atoms with Crippen molar-refractivity contribution in [1.82, 2.24) is 0 Å². The van der Waals surface area contributed by atoms with Crippen LogP contribution in [0.15, 0.2) is 51.8 Å². The van der Waals surface area contributed by atoms with Gasteiger partial charge in [-0.15, -0.1) is 0 Å². The van der Waals surface area contributed by atoms with Crippen LogP contribution in [0.1, 0.15) is 18.4 Å². The number of anilines is 2. The Morgan fingerprint density at radius 1 is 1.16 bits per heavy atom. The van der Waals surface area contributed by atoms with E-state index in [-0.39, 0.29) is 16.7 Å². The molecule has 1 N–H and O–H groups in total. The number of hydrogen-bond acceptors (Lipinski definition) is 3. The van der Waals surface area contributed by atoms with Gasteiger partial charge in [-0.3, -0.25) is 9.52 Å². The van der Waals surface area contributed by atoms with Crippen molar-refractivity contribution in [1.29, 1.82) is 0 Å². The Balaban J connectivity index is 1.60. The molecule has 1 saturated carbocycles. The topological polar surface area (TPSA) is 66.5 Å². The van der Waals surface area contributed by atoms with Crippen molar-refractivity contribution in [3.05, 3.63) is 52.5 Å². The lowest BCUT2D eigenvalue weighted by Crippen LogP contribution is -2.30. The van der Waals surface area contributed by atoms with E-state index in [4.69, 9.17) is 0 Å². The molecule has 1 amide bonds. The van der Waals surface area contributed by atoms with Gasteiger partial charge in [-0.25, -0.2) is 8.42 Å². The smallest absolute Gasteiger partial charge is 0.261 e. The quantitative estimate of drug-likeness (QED) is 0.821. The van der Waals surface area contributed by atoms with Gasteiger partial charge in [0.05, 0.1) is 4.90 Å². The van der Waals surface area contributed by atoms with Crippen LogP contribution in [0.5, 0.6) is 0 Å². The average molecular weight is 421 g/mol. The third-order valence-corrected chi connectivity index (χ3v) is 6.40. The summed E-state index contributed by atoms with van der Waals surface area (Å²) in [6.07, 6.45) is 2.62. The molecular weight excluding hydrogens is 404 g/mol. The van der Waals surface area contributed by atoms with Gasteiger partial charge < -0.3 is 4.90 Å². The molecule has 7 heteroatoms. The van der Waals surface area contributed by atoms with Gasteiger partial charge in [-0.1, -0.05) is 22.0 Å². The molecule has 25 heavy (non-hydrogen) atoms. The molecular formula is C18H17BrN2O3S. The zero-order valence-electron chi connectivity index (χ0n) is 13.4. The van der Waals surface area contributed by atoms with Gasteiger partial charge in [0.15, 0.2) is 0 Å². The lowest BCUT2D eigenvalue weighted by atomic mass is 10.2. The number of hydrogen-bond donors (Lipinski definition) is 1. The predicted molar refractivity (Wildman–Crippen MR) is 100 cm³/mol. The Morgan fingerprint density at radius 3 is 2.68 bits per heavy atom. The molecule has 0 spiro atoms. The van der Waals surface area contributed by atoms with Crippen LogP contribution < -0.4 is 9.62 Å². The Bertz CT molecular complexity index is 955. The molecule has 0 unspecified atom stereocenters. The first-order valence-corrected chi connectivity index (χ1v) is 10.4. The third kappa shape index (κ3) is 3.30. The molecule has 2 aromatic rings. The number of rotatable bonds is 4. The molecule has 5 nitrogen and oxygen atoms in total. The first-order valence-electron chi connectivity index (χ1n) is 8.17. The lowest BCUT2D eigenvalue weighted by molar-refractivity contribution is -0.119. The Hall–Kier alpha value is -1.86. The molecule has 130 valence electrons. The second-order valence-corrected chi connectivity index (χ2v) is 9.02. The number of carbonyl (C=O) groups excluding carboxylic acids is 1. The Kier molecular flexibility index (Phi) is 4.08. The van der Waals surface area contributed by atoms with Gasteiger partial charge in [0, 0.05) is 28.3 Å². The maximum atomic E-state index is 12.6. The van der Waals surface area contributed by atoms with Crippen LogP contribution in [0.2, 0.25) is 0 Å². The standard InChI is InChI=1S/C18H17BrN2O3S/c19-14-2-1-3-15(11-14)20-25(23,24)16-6-7-17-13(10-16)8-9-21(17)18(22)12-4-5-12/h1-3,6-7,10-12,20H,4-5,8-9H2. The summed E-state index contributed by atoms with van der Waals surface area (Å²) in [5, 5.41) is 0. The molecule has 0 atom stereocenters. The van der Waals surface area contributed by atoms with E-state index in [1.165, 1.54) is 0 Å². The highest BCUT2D eigenvalue weighted by Gasteiger charge is 2.36. The van der Waals surface area contributed by atoms with E-state index in [9.17, 15) is 13.2 Å². The molecule has 2 aliphatic rings. The Labute approximate surface area is 155 Å². The van der Waals surface area contributed by atoms with Crippen molar-refractivity contribution in [2.24, 2.45) is 5.92 Å². The second kappa shape index (κ2) is 6.14. The molecule has 2 aromatic carbocycles. The fourth-order valence-corrected chi connectivity index (χ4v) is 4.59. The molecule has 4 rings (SSSR count). The van der Waals surface area contributed by atoms with Gasteiger partial charge in [-0.2, -0.15) is 0 Å². The van der Waals surface area contributed by atoms with Gasteiger partial charge in [0.2, 0.25) is 5.91 Å². The third-order valence-electron chi connectivity index (χ3n) is 4.53. The maximum Gasteiger partial charge on any atom is 0.261 e. The van der Waals surface area contributed by atoms with Gasteiger partial charge in [-0.05, 0) is 61.2 Å². The van der Waals surface area contributed by atoms with Crippen molar-refractivity contribution in [3.8, 4) is 0 Å². The first kappa shape index (κ1) is 16.6. The summed E-state index contributed by atoms with van der Waals surface area (Å²) >= 11 is 3.33. The van der Waals surface area contributed by atoms with Gasteiger partial charge in [0.1, 0.15) is 0 Å². The van der Waals surface area contributed by atoms with E-state index in [1.807, 2.05) is 6.07 Å². The summed E-state index contributed by atoms with van der Waals surface area (Å²) in [6, 6.07) is 12.0. The van der Waals surface area contributed by atoms with Gasteiger partial charge >= 0.3 is 0 Å². The number of carbonyl (C=O) groups is 1. The van der Waals surface area contributed by atoms with E-state index < -0.39 is 10.0 Å². The molecule has 1 aliphatic carbocycles. The maximum absolute atomic E-state index is 12.6. The number of sulfonamides is 1. The highest BCUT2D eigenvalue weighted by molar-refractivity contribution is 9.10. The summed E-state index contributed by atoms with van der Waals surface area (Å²) in [7, 11) is -3.67. The summed E-state index contributed by atoms with van der Waals surface area (Å²) in [5.74, 6) is 0.328. The van der Waals surface area contributed by atoms with Gasteiger partial charge in [0.25, 0.3) is 10.0 Å². The largest absolute Gasteiger partial charge is 0.312 e. The van der Waals surface area contributed by atoms with Crippen molar-refractivity contribution in [3.63, 3.8) is 0 Å². The van der Waals surface area contributed by atoms with Crippen molar-refractivity contribution >= 4 is 43.2 Å². The van der Waals surface area contributed by atoms with E-state index in [1.54, 1.807) is 41.3 Å². The molecule has 0 aromatic heterocycles. The highest BCUT2D eigenvalue weighted by Crippen LogP contribution is 2.37. The van der Waals surface area contributed by atoms with E-state index in [0.29, 0.717) is 18.7 Å². The molecule has 1 heterocycles. The number of halogens is 1. The second-order valence-electron chi connectivity index (χ2n) is 6.42. The average Bonchev–Trinajstić information content (AvgIpc) is 3.33. The summed E-state index contributed by atoms with van der Waals surface area (Å²) in [5.41, 5.74) is 2.25. The summed E-state index contributed by atoms with van der Waals surface area (Å²) in [6.45, 7) is 0.632. The van der Waals surface area contributed by atoms with Crippen LogP contribution in [0.4, 0.5) is 11.4 Å². The molecule has 0 saturated heterocycles. The predicted octanol–water partition coefficient (Wildman–Crippen LogP) is 3.55. The van der Waals surface area contributed by atoms with Crippen LogP contribution in [0.3, 0.4) is 0 Å². The minimum atomic E-state index is -3.67. The molecule has 1 aliphatic heterocycles. The fraction of sp³-hybridized carbons (Fsp3) is 0.278. The van der Waals surface area contributed by atoms with Crippen molar-refractivity contribution < 1.29 is 13.2 Å². The summed E-state index contributed by atoms with van der Waals surface area (Å²) < 4.78 is 28.7. The molecule has 1 fully saturated rings. The van der Waals surface area contributed by atoms with Crippen LogP contribution in [-0.4, -0.2) is 20.9 Å². The van der Waals surface area contributed by atoms with Crippen molar-refractivity contribution in [2.75, 3.05) is 16.2 Å². The number of nitrogens with zero attached hydrogens (tertiary/aromatic N) is 1. The van der Waals surface area contributed by atoms with E-state index in [0.717, 1.165) is 28.6 Å². The van der Waals surface area contributed by atoms with E-state index >= 15 is 0 Å². The Morgan fingerprint density at radius 2 is 1.96 bits per heavy atom.